The zero-order valence-corrected chi connectivity index (χ0v) is 15.5. The molecule has 1 unspecified atom stereocenters. The Hall–Kier alpha value is -1.55. The molecule has 3 rings (SSSR count). The Labute approximate surface area is 152 Å². The fraction of sp³-hybridized carbons (Fsp3) is 0.667. The van der Waals surface area contributed by atoms with Crippen molar-refractivity contribution in [1.82, 2.24) is 15.5 Å². The minimum absolute atomic E-state index is 0.0209. The fourth-order valence-electron chi connectivity index (χ4n) is 4.30. The number of rotatable bonds is 6. The molecule has 138 valence electrons. The first-order chi connectivity index (χ1) is 12.2. The summed E-state index contributed by atoms with van der Waals surface area (Å²) >= 11 is 0. The van der Waals surface area contributed by atoms with Gasteiger partial charge >= 0.3 is 6.03 Å². The number of nitrogens with one attached hydrogen (secondary N) is 2. The lowest BCUT2D eigenvalue weighted by Crippen LogP contribution is -2.48. The van der Waals surface area contributed by atoms with E-state index in [0.29, 0.717) is 12.1 Å². The van der Waals surface area contributed by atoms with Gasteiger partial charge in [0.15, 0.2) is 0 Å². The average Bonchev–Trinajstić information content (AvgIpc) is 3.16. The number of likely N-dealkylation sites (tertiary alicyclic amines) is 1. The number of piperidine rings is 1. The zero-order valence-electron chi connectivity index (χ0n) is 15.5. The Bertz CT molecular complexity index is 519. The van der Waals surface area contributed by atoms with Crippen LogP contribution in [0.1, 0.15) is 63.5 Å². The molecule has 1 aromatic carbocycles. The largest absolute Gasteiger partial charge is 0.338 e. The van der Waals surface area contributed by atoms with Crippen molar-refractivity contribution in [1.29, 1.82) is 0 Å². The van der Waals surface area contributed by atoms with Crippen LogP contribution in [0, 0.1) is 5.92 Å². The summed E-state index contributed by atoms with van der Waals surface area (Å²) in [6.45, 7) is 5.19. The van der Waals surface area contributed by atoms with E-state index >= 15 is 0 Å². The fourth-order valence-corrected chi connectivity index (χ4v) is 4.30. The lowest BCUT2D eigenvalue weighted by Gasteiger charge is -2.36. The SMILES string of the molecule is CC(c1ccccc1)N1CCC(NC(=O)NCCC2CCCC2)CC1. The third kappa shape index (κ3) is 5.46. The van der Waals surface area contributed by atoms with E-state index in [-0.39, 0.29) is 6.03 Å². The highest BCUT2D eigenvalue weighted by Crippen LogP contribution is 2.27. The van der Waals surface area contributed by atoms with Crippen LogP contribution in [0.4, 0.5) is 4.79 Å². The molecular formula is C21H33N3O. The molecule has 1 saturated carbocycles. The van der Waals surface area contributed by atoms with Crippen LogP contribution in [-0.2, 0) is 0 Å². The highest BCUT2D eigenvalue weighted by atomic mass is 16.2. The summed E-state index contributed by atoms with van der Waals surface area (Å²) in [5.41, 5.74) is 1.37. The molecule has 25 heavy (non-hydrogen) atoms. The Morgan fingerprint density at radius 2 is 1.80 bits per heavy atom. The minimum atomic E-state index is 0.0209. The van der Waals surface area contributed by atoms with Crippen molar-refractivity contribution in [2.24, 2.45) is 5.92 Å². The number of hydrogen-bond donors (Lipinski definition) is 2. The minimum Gasteiger partial charge on any atom is -0.338 e. The molecule has 2 amide bonds. The van der Waals surface area contributed by atoms with Crippen molar-refractivity contribution in [3.05, 3.63) is 35.9 Å². The van der Waals surface area contributed by atoms with Crippen molar-refractivity contribution in [2.45, 2.75) is 64.0 Å². The number of benzene rings is 1. The van der Waals surface area contributed by atoms with Crippen molar-refractivity contribution < 1.29 is 4.79 Å². The highest BCUT2D eigenvalue weighted by molar-refractivity contribution is 5.74. The molecule has 4 nitrogen and oxygen atoms in total. The monoisotopic (exact) mass is 343 g/mol. The molecule has 2 N–H and O–H groups in total. The standard InChI is InChI=1S/C21H33N3O/c1-17(19-9-3-2-4-10-19)24-15-12-20(13-16-24)23-21(25)22-14-11-18-7-5-6-8-18/h2-4,9-10,17-18,20H,5-8,11-16H2,1H3,(H2,22,23,25). The number of amides is 2. The van der Waals surface area contributed by atoms with Gasteiger partial charge in [0.05, 0.1) is 0 Å². The Morgan fingerprint density at radius 1 is 1.12 bits per heavy atom. The maximum atomic E-state index is 12.1. The summed E-state index contributed by atoms with van der Waals surface area (Å²) in [5, 5.41) is 6.22. The van der Waals surface area contributed by atoms with Crippen LogP contribution in [0.25, 0.3) is 0 Å². The van der Waals surface area contributed by atoms with Crippen molar-refractivity contribution >= 4 is 6.03 Å². The first-order valence-corrected chi connectivity index (χ1v) is 10.1. The zero-order chi connectivity index (χ0) is 17.5. The quantitative estimate of drug-likeness (QED) is 0.817. The van der Waals surface area contributed by atoms with Gasteiger partial charge in [0, 0.05) is 31.7 Å². The van der Waals surface area contributed by atoms with Gasteiger partial charge in [-0.25, -0.2) is 4.79 Å². The Morgan fingerprint density at radius 3 is 2.48 bits per heavy atom. The summed E-state index contributed by atoms with van der Waals surface area (Å²) in [7, 11) is 0. The predicted octanol–water partition coefficient (Wildman–Crippen LogP) is 4.09. The van der Waals surface area contributed by atoms with E-state index in [1.165, 1.54) is 31.2 Å². The van der Waals surface area contributed by atoms with Crippen LogP contribution < -0.4 is 10.6 Å². The van der Waals surface area contributed by atoms with E-state index in [9.17, 15) is 4.79 Å². The number of carbonyl (C=O) groups excluding carboxylic acids is 1. The molecule has 0 aromatic heterocycles. The van der Waals surface area contributed by atoms with E-state index in [2.05, 4.69) is 52.8 Å². The maximum absolute atomic E-state index is 12.1. The van der Waals surface area contributed by atoms with E-state index in [1.807, 2.05) is 0 Å². The van der Waals surface area contributed by atoms with Crippen LogP contribution in [0.2, 0.25) is 0 Å². The van der Waals surface area contributed by atoms with Gasteiger partial charge < -0.3 is 10.6 Å². The average molecular weight is 344 g/mol. The summed E-state index contributed by atoms with van der Waals surface area (Å²) in [6.07, 6.45) is 8.65. The predicted molar refractivity (Wildman–Crippen MR) is 103 cm³/mol. The van der Waals surface area contributed by atoms with E-state index < -0.39 is 0 Å². The lowest BCUT2D eigenvalue weighted by molar-refractivity contribution is 0.153. The molecule has 0 radical (unpaired) electrons. The number of hydrogen-bond acceptors (Lipinski definition) is 2. The number of nitrogens with zero attached hydrogens (tertiary/aromatic N) is 1. The normalized spacial score (nSPS) is 21.2. The maximum Gasteiger partial charge on any atom is 0.315 e. The van der Waals surface area contributed by atoms with Gasteiger partial charge in [-0.2, -0.15) is 0 Å². The van der Waals surface area contributed by atoms with Crippen LogP contribution in [0.15, 0.2) is 30.3 Å². The Balaban J connectivity index is 1.33. The van der Waals surface area contributed by atoms with E-state index in [4.69, 9.17) is 0 Å². The molecule has 1 aliphatic carbocycles. The third-order valence-corrected chi connectivity index (χ3v) is 6.01. The molecular weight excluding hydrogens is 310 g/mol. The molecule has 4 heteroatoms. The third-order valence-electron chi connectivity index (χ3n) is 6.01. The van der Waals surface area contributed by atoms with Gasteiger partial charge in [0.25, 0.3) is 0 Å². The van der Waals surface area contributed by atoms with Crippen LogP contribution in [0.3, 0.4) is 0 Å². The smallest absolute Gasteiger partial charge is 0.315 e. The van der Waals surface area contributed by atoms with Gasteiger partial charge in [-0.3, -0.25) is 4.90 Å². The topological polar surface area (TPSA) is 44.4 Å². The second-order valence-electron chi connectivity index (χ2n) is 7.74. The van der Waals surface area contributed by atoms with Crippen LogP contribution >= 0.6 is 0 Å². The second kappa shape index (κ2) is 9.23. The van der Waals surface area contributed by atoms with E-state index in [0.717, 1.165) is 44.8 Å². The van der Waals surface area contributed by atoms with Crippen molar-refractivity contribution in [3.8, 4) is 0 Å². The molecule has 2 fully saturated rings. The molecule has 1 saturated heterocycles. The van der Waals surface area contributed by atoms with Gasteiger partial charge in [-0.15, -0.1) is 0 Å². The molecule has 1 aliphatic heterocycles. The molecule has 1 heterocycles. The van der Waals surface area contributed by atoms with Crippen LogP contribution in [-0.4, -0.2) is 36.6 Å². The van der Waals surface area contributed by atoms with Gasteiger partial charge in [-0.1, -0.05) is 56.0 Å². The Kier molecular flexibility index (Phi) is 6.74. The van der Waals surface area contributed by atoms with Gasteiger partial charge in [-0.05, 0) is 37.7 Å². The summed E-state index contributed by atoms with van der Waals surface area (Å²) in [6, 6.07) is 11.5. The molecule has 1 atom stereocenters. The lowest BCUT2D eigenvalue weighted by atomic mass is 10.0. The molecule has 0 spiro atoms. The van der Waals surface area contributed by atoms with Crippen molar-refractivity contribution in [2.75, 3.05) is 19.6 Å². The molecule has 2 aliphatic rings. The number of urea groups is 1. The second-order valence-corrected chi connectivity index (χ2v) is 7.74. The first-order valence-electron chi connectivity index (χ1n) is 10.1. The number of carbonyl (C=O) groups is 1. The first kappa shape index (κ1) is 18.2. The van der Waals surface area contributed by atoms with Crippen molar-refractivity contribution in [3.63, 3.8) is 0 Å². The summed E-state index contributed by atoms with van der Waals surface area (Å²) in [4.78, 5) is 14.6. The summed E-state index contributed by atoms with van der Waals surface area (Å²) in [5.74, 6) is 0.836. The molecule has 0 bridgehead atoms. The summed E-state index contributed by atoms with van der Waals surface area (Å²) < 4.78 is 0. The van der Waals surface area contributed by atoms with E-state index in [1.54, 1.807) is 0 Å². The molecule has 1 aromatic rings. The highest BCUT2D eigenvalue weighted by Gasteiger charge is 2.24. The van der Waals surface area contributed by atoms with Crippen LogP contribution in [0.5, 0.6) is 0 Å². The van der Waals surface area contributed by atoms with Gasteiger partial charge in [0.2, 0.25) is 0 Å². The van der Waals surface area contributed by atoms with Gasteiger partial charge in [0.1, 0.15) is 0 Å².